The Hall–Kier alpha value is -1.33. The number of amides is 1. The monoisotopic (exact) mass is 978 g/mol. The second-order valence-corrected chi connectivity index (χ2v) is 21.1. The van der Waals surface area contributed by atoms with E-state index in [2.05, 4.69) is 43.5 Å². The van der Waals surface area contributed by atoms with Crippen LogP contribution in [0.5, 0.6) is 0 Å². The first-order valence-corrected chi connectivity index (χ1v) is 30.0. The van der Waals surface area contributed by atoms with Crippen molar-refractivity contribution in [2.24, 2.45) is 0 Å². The molecule has 0 aliphatic carbocycles. The second kappa shape index (κ2) is 50.2. The zero-order valence-electron chi connectivity index (χ0n) is 45.3. The summed E-state index contributed by atoms with van der Waals surface area (Å²) in [5.74, 6) is -0.140. The Bertz CT molecular complexity index is 1130. The third kappa shape index (κ3) is 39.8. The van der Waals surface area contributed by atoms with Crippen LogP contribution in [-0.4, -0.2) is 87.5 Å². The maximum Gasteiger partial charge on any atom is 0.220 e. The number of rotatable bonds is 52. The Kier molecular flexibility index (Phi) is 47.8. The van der Waals surface area contributed by atoms with Gasteiger partial charge >= 0.3 is 0 Å². The largest absolute Gasteiger partial charge is 0.394 e. The fraction of sp³-hybridized carbons (Fsp3) is 0.917. The third-order valence-electron chi connectivity index (χ3n) is 14.6. The molecule has 7 atom stereocenters. The molecule has 1 saturated heterocycles. The van der Waals surface area contributed by atoms with E-state index in [1.807, 2.05) is 0 Å². The Balaban J connectivity index is 2.12. The molecule has 1 aliphatic rings. The van der Waals surface area contributed by atoms with Gasteiger partial charge in [-0.15, -0.1) is 0 Å². The highest BCUT2D eigenvalue weighted by molar-refractivity contribution is 5.76. The van der Waals surface area contributed by atoms with Crippen LogP contribution in [0, 0.1) is 0 Å². The van der Waals surface area contributed by atoms with Gasteiger partial charge in [-0.1, -0.05) is 269 Å². The predicted molar refractivity (Wildman–Crippen MR) is 290 cm³/mol. The molecular formula is C60H115NO8. The van der Waals surface area contributed by atoms with Gasteiger partial charge in [-0.2, -0.15) is 0 Å². The zero-order chi connectivity index (χ0) is 50.1. The van der Waals surface area contributed by atoms with Crippen LogP contribution in [0.25, 0.3) is 0 Å². The Morgan fingerprint density at radius 2 is 0.855 bits per heavy atom. The lowest BCUT2D eigenvalue weighted by atomic mass is 9.99. The van der Waals surface area contributed by atoms with E-state index in [0.717, 1.165) is 44.9 Å². The average Bonchev–Trinajstić information content (AvgIpc) is 3.35. The molecule has 7 unspecified atom stereocenters. The molecule has 1 heterocycles. The highest BCUT2D eigenvalue weighted by Gasteiger charge is 2.44. The first kappa shape index (κ1) is 65.7. The van der Waals surface area contributed by atoms with Gasteiger partial charge in [0.25, 0.3) is 0 Å². The van der Waals surface area contributed by atoms with Gasteiger partial charge in [-0.25, -0.2) is 0 Å². The normalized spacial score (nSPS) is 19.6. The molecule has 0 aromatic carbocycles. The van der Waals surface area contributed by atoms with E-state index in [9.17, 15) is 30.3 Å². The summed E-state index contributed by atoms with van der Waals surface area (Å²) in [4.78, 5) is 13.1. The van der Waals surface area contributed by atoms with Gasteiger partial charge < -0.3 is 40.3 Å². The van der Waals surface area contributed by atoms with Crippen molar-refractivity contribution in [3.05, 3.63) is 24.3 Å². The van der Waals surface area contributed by atoms with Crippen molar-refractivity contribution in [1.82, 2.24) is 5.32 Å². The Labute approximate surface area is 426 Å². The fourth-order valence-corrected chi connectivity index (χ4v) is 9.78. The van der Waals surface area contributed by atoms with Crippen LogP contribution in [0.4, 0.5) is 0 Å². The predicted octanol–water partition coefficient (Wildman–Crippen LogP) is 15.0. The Morgan fingerprint density at radius 1 is 0.493 bits per heavy atom. The van der Waals surface area contributed by atoms with Crippen LogP contribution in [0.2, 0.25) is 0 Å². The minimum absolute atomic E-state index is 0.135. The molecule has 0 saturated carbocycles. The minimum Gasteiger partial charge on any atom is -0.394 e. The van der Waals surface area contributed by atoms with E-state index >= 15 is 0 Å². The molecule has 1 amide bonds. The number of ether oxygens (including phenoxy) is 2. The van der Waals surface area contributed by atoms with E-state index in [1.165, 1.54) is 225 Å². The number of carbonyl (C=O) groups excluding carboxylic acids is 1. The number of allylic oxidation sites excluding steroid dienone is 4. The summed E-state index contributed by atoms with van der Waals surface area (Å²) in [6.45, 7) is 3.87. The van der Waals surface area contributed by atoms with Gasteiger partial charge in [-0.3, -0.25) is 4.79 Å². The van der Waals surface area contributed by atoms with Gasteiger partial charge in [0.15, 0.2) is 6.29 Å². The van der Waals surface area contributed by atoms with Crippen LogP contribution >= 0.6 is 0 Å². The van der Waals surface area contributed by atoms with Crippen molar-refractivity contribution in [3.8, 4) is 0 Å². The highest BCUT2D eigenvalue weighted by Crippen LogP contribution is 2.23. The summed E-state index contributed by atoms with van der Waals surface area (Å²) < 4.78 is 11.3. The van der Waals surface area contributed by atoms with Gasteiger partial charge in [0.05, 0.1) is 25.4 Å². The summed E-state index contributed by atoms with van der Waals surface area (Å²) in [6, 6.07) is -0.717. The van der Waals surface area contributed by atoms with E-state index in [1.54, 1.807) is 0 Å². The first-order chi connectivity index (χ1) is 33.8. The lowest BCUT2D eigenvalue weighted by Gasteiger charge is -2.40. The average molecular weight is 979 g/mol. The van der Waals surface area contributed by atoms with Crippen molar-refractivity contribution in [2.45, 2.75) is 339 Å². The number of unbranched alkanes of at least 4 members (excludes halogenated alkanes) is 38. The van der Waals surface area contributed by atoms with E-state index in [4.69, 9.17) is 9.47 Å². The summed E-state index contributed by atoms with van der Waals surface area (Å²) in [7, 11) is 0. The molecule has 9 nitrogen and oxygen atoms in total. The number of aliphatic hydroxyl groups is 5. The quantitative estimate of drug-likeness (QED) is 0.0261. The molecule has 0 bridgehead atoms. The smallest absolute Gasteiger partial charge is 0.220 e. The van der Waals surface area contributed by atoms with Gasteiger partial charge in [0, 0.05) is 6.42 Å². The van der Waals surface area contributed by atoms with Crippen LogP contribution in [0.3, 0.4) is 0 Å². The lowest BCUT2D eigenvalue weighted by Crippen LogP contribution is -2.60. The summed E-state index contributed by atoms with van der Waals surface area (Å²) >= 11 is 0. The van der Waals surface area contributed by atoms with Crippen molar-refractivity contribution < 1.29 is 39.8 Å². The second-order valence-electron chi connectivity index (χ2n) is 21.1. The van der Waals surface area contributed by atoms with Gasteiger partial charge in [0.1, 0.15) is 24.4 Å². The number of carbonyl (C=O) groups is 1. The highest BCUT2D eigenvalue weighted by atomic mass is 16.7. The molecule has 1 fully saturated rings. The van der Waals surface area contributed by atoms with Crippen molar-refractivity contribution in [1.29, 1.82) is 0 Å². The molecule has 0 spiro atoms. The SMILES string of the molecule is CCCCCCCCCCC/C=C\C/C=C\CCCCCCCCCCCCCCCCCC(=O)NC(COC1OC(CO)C(O)C(O)C1O)C(O)CCCCCCCCCCCCCCCCC. The van der Waals surface area contributed by atoms with E-state index < -0.39 is 49.5 Å². The molecule has 408 valence electrons. The van der Waals surface area contributed by atoms with Crippen LogP contribution in [-0.2, 0) is 14.3 Å². The molecule has 0 aromatic rings. The van der Waals surface area contributed by atoms with Crippen molar-refractivity contribution >= 4 is 5.91 Å². The number of hydrogen-bond acceptors (Lipinski definition) is 8. The number of nitrogens with one attached hydrogen (secondary N) is 1. The summed E-state index contributed by atoms with van der Waals surface area (Å²) in [5.41, 5.74) is 0. The fourth-order valence-electron chi connectivity index (χ4n) is 9.78. The molecule has 9 heteroatoms. The molecule has 0 radical (unpaired) electrons. The minimum atomic E-state index is -1.55. The topological polar surface area (TPSA) is 149 Å². The molecule has 1 rings (SSSR count). The molecular weight excluding hydrogens is 863 g/mol. The third-order valence-corrected chi connectivity index (χ3v) is 14.6. The first-order valence-electron chi connectivity index (χ1n) is 30.0. The molecule has 0 aromatic heterocycles. The van der Waals surface area contributed by atoms with Crippen molar-refractivity contribution in [2.75, 3.05) is 13.2 Å². The van der Waals surface area contributed by atoms with Gasteiger partial charge in [0.2, 0.25) is 5.91 Å². The van der Waals surface area contributed by atoms with E-state index in [-0.39, 0.29) is 12.5 Å². The molecule has 1 aliphatic heterocycles. The lowest BCUT2D eigenvalue weighted by molar-refractivity contribution is -0.302. The maximum absolute atomic E-state index is 13.1. The Morgan fingerprint density at radius 3 is 1.25 bits per heavy atom. The zero-order valence-corrected chi connectivity index (χ0v) is 45.3. The summed E-state index contributed by atoms with van der Waals surface area (Å²) in [5, 5.41) is 54.6. The maximum atomic E-state index is 13.1. The summed E-state index contributed by atoms with van der Waals surface area (Å²) in [6.07, 6.45) is 56.5. The van der Waals surface area contributed by atoms with Crippen molar-refractivity contribution in [3.63, 3.8) is 0 Å². The van der Waals surface area contributed by atoms with Crippen LogP contribution in [0.15, 0.2) is 24.3 Å². The van der Waals surface area contributed by atoms with Crippen LogP contribution in [0.1, 0.15) is 296 Å². The van der Waals surface area contributed by atoms with Gasteiger partial charge in [-0.05, 0) is 44.9 Å². The van der Waals surface area contributed by atoms with Crippen LogP contribution < -0.4 is 5.32 Å². The molecule has 6 N–H and O–H groups in total. The molecule has 69 heavy (non-hydrogen) atoms. The number of aliphatic hydroxyl groups excluding tert-OH is 5. The number of hydrogen-bond donors (Lipinski definition) is 6. The standard InChI is InChI=1S/C60H115NO8/c1-3-5-7-9-11-13-15-17-19-20-21-22-23-24-25-26-27-28-29-30-31-32-33-34-36-38-40-42-44-46-48-50-56(64)61-53(52-68-60-59(67)58(66)57(65)55(51-62)69-60)54(63)49-47-45-43-41-39-37-35-18-16-14-12-10-8-6-4-2/h21-22,24-25,53-55,57-60,62-63,65-67H,3-20,23,26-52H2,1-2H3,(H,61,64)/b22-21-,25-24-. The van der Waals surface area contributed by atoms with E-state index in [0.29, 0.717) is 12.8 Å².